The number of amides is 3. The number of likely N-dealkylation sites (tertiary alicyclic amines) is 1. The average Bonchev–Trinajstić information content (AvgIpc) is 3.51. The van der Waals surface area contributed by atoms with Gasteiger partial charge in [0.1, 0.15) is 5.54 Å². The molecule has 0 N–H and O–H groups in total. The van der Waals surface area contributed by atoms with E-state index in [4.69, 9.17) is 0 Å². The molecule has 6 heteroatoms. The van der Waals surface area contributed by atoms with Crippen LogP contribution in [0.1, 0.15) is 24.0 Å². The van der Waals surface area contributed by atoms with Crippen LogP contribution in [0.15, 0.2) is 67.3 Å². The van der Waals surface area contributed by atoms with E-state index in [1.807, 2.05) is 54.6 Å². The van der Waals surface area contributed by atoms with Crippen molar-refractivity contribution >= 4 is 23.4 Å². The Morgan fingerprint density at radius 3 is 2.50 bits per heavy atom. The number of carbonyl (C=O) groups is 3. The molecule has 6 nitrogen and oxygen atoms in total. The molecule has 3 amide bonds. The molecular weight excluding hydrogens is 402 g/mol. The highest BCUT2D eigenvalue weighted by molar-refractivity contribution is 6.16. The number of nitrogens with zero attached hydrogens (tertiary/aromatic N) is 3. The number of carbonyl (C=O) groups excluding carboxylic acids is 3. The molecule has 6 rings (SSSR count). The fourth-order valence-electron chi connectivity index (χ4n) is 6.63. The van der Waals surface area contributed by atoms with Crippen LogP contribution in [0.2, 0.25) is 0 Å². The number of imide groups is 1. The van der Waals surface area contributed by atoms with Crippen LogP contribution in [0, 0.1) is 11.8 Å². The SMILES string of the molecule is C=CCN1C(=O)C2(c3ccccc31)C1C(=O)N(Cc3ccccc3)C(=O)C1C1CCCN12. The Hall–Kier alpha value is -3.25. The zero-order valence-electron chi connectivity index (χ0n) is 17.8. The van der Waals surface area contributed by atoms with Crippen molar-refractivity contribution < 1.29 is 14.4 Å². The normalized spacial score (nSPS) is 30.9. The maximum atomic E-state index is 14.1. The topological polar surface area (TPSA) is 60.9 Å². The van der Waals surface area contributed by atoms with Crippen molar-refractivity contribution in [1.82, 2.24) is 9.80 Å². The van der Waals surface area contributed by atoms with Gasteiger partial charge in [-0.3, -0.25) is 24.2 Å². The van der Waals surface area contributed by atoms with E-state index in [0.717, 1.165) is 36.2 Å². The molecule has 162 valence electrons. The van der Waals surface area contributed by atoms with E-state index in [-0.39, 0.29) is 30.3 Å². The molecule has 0 saturated carbocycles. The van der Waals surface area contributed by atoms with Gasteiger partial charge in [-0.15, -0.1) is 6.58 Å². The summed E-state index contributed by atoms with van der Waals surface area (Å²) in [6.07, 6.45) is 3.47. The predicted molar refractivity (Wildman–Crippen MR) is 119 cm³/mol. The third kappa shape index (κ3) is 2.25. The van der Waals surface area contributed by atoms with Gasteiger partial charge in [0.25, 0.3) is 5.91 Å². The summed E-state index contributed by atoms with van der Waals surface area (Å²) in [4.78, 5) is 47.0. The van der Waals surface area contributed by atoms with Crippen LogP contribution in [0.25, 0.3) is 0 Å². The van der Waals surface area contributed by atoms with Gasteiger partial charge >= 0.3 is 0 Å². The van der Waals surface area contributed by atoms with Crippen LogP contribution >= 0.6 is 0 Å². The number of para-hydroxylation sites is 1. The van der Waals surface area contributed by atoms with Gasteiger partial charge in [-0.2, -0.15) is 0 Å². The Morgan fingerprint density at radius 1 is 0.969 bits per heavy atom. The Balaban J connectivity index is 1.51. The third-order valence-corrected chi connectivity index (χ3v) is 7.73. The molecule has 4 aliphatic rings. The van der Waals surface area contributed by atoms with E-state index in [0.29, 0.717) is 6.54 Å². The van der Waals surface area contributed by atoms with Crippen LogP contribution in [0.5, 0.6) is 0 Å². The fraction of sp³-hybridized carbons (Fsp3) is 0.346. The molecule has 2 aromatic carbocycles. The highest BCUT2D eigenvalue weighted by Gasteiger charge is 2.75. The lowest BCUT2D eigenvalue weighted by Gasteiger charge is -2.37. The second-order valence-corrected chi connectivity index (χ2v) is 9.14. The molecule has 32 heavy (non-hydrogen) atoms. The van der Waals surface area contributed by atoms with Crippen LogP contribution in [0.4, 0.5) is 5.69 Å². The van der Waals surface area contributed by atoms with Gasteiger partial charge < -0.3 is 4.90 Å². The van der Waals surface area contributed by atoms with Crippen molar-refractivity contribution in [3.8, 4) is 0 Å². The molecule has 0 aromatic heterocycles. The Labute approximate surface area is 187 Å². The molecular formula is C26H25N3O3. The van der Waals surface area contributed by atoms with Gasteiger partial charge in [-0.1, -0.05) is 54.6 Å². The van der Waals surface area contributed by atoms with Crippen molar-refractivity contribution in [2.75, 3.05) is 18.0 Å². The van der Waals surface area contributed by atoms with E-state index < -0.39 is 17.4 Å². The second kappa shape index (κ2) is 6.87. The summed E-state index contributed by atoms with van der Waals surface area (Å²) in [6, 6.07) is 17.2. The minimum Gasteiger partial charge on any atom is -0.306 e. The van der Waals surface area contributed by atoms with E-state index in [2.05, 4.69) is 11.5 Å². The van der Waals surface area contributed by atoms with E-state index in [1.165, 1.54) is 4.90 Å². The zero-order valence-corrected chi connectivity index (χ0v) is 17.8. The lowest BCUT2D eigenvalue weighted by molar-refractivity contribution is -0.146. The molecule has 0 bridgehead atoms. The number of hydrogen-bond donors (Lipinski definition) is 0. The van der Waals surface area contributed by atoms with Gasteiger partial charge in [0.15, 0.2) is 0 Å². The Kier molecular flexibility index (Phi) is 4.17. The molecule has 3 saturated heterocycles. The first-order valence-electron chi connectivity index (χ1n) is 11.3. The Morgan fingerprint density at radius 2 is 1.72 bits per heavy atom. The summed E-state index contributed by atoms with van der Waals surface area (Å²) in [5.41, 5.74) is 1.49. The van der Waals surface area contributed by atoms with Crippen molar-refractivity contribution in [2.24, 2.45) is 11.8 Å². The van der Waals surface area contributed by atoms with Crippen LogP contribution in [-0.4, -0.2) is 46.7 Å². The van der Waals surface area contributed by atoms with Crippen LogP contribution in [-0.2, 0) is 26.5 Å². The monoisotopic (exact) mass is 427 g/mol. The van der Waals surface area contributed by atoms with Gasteiger partial charge in [0.2, 0.25) is 11.8 Å². The molecule has 2 aromatic rings. The Bertz CT molecular complexity index is 1150. The summed E-state index contributed by atoms with van der Waals surface area (Å²) in [5, 5.41) is 0. The molecule has 4 unspecified atom stereocenters. The van der Waals surface area contributed by atoms with E-state index in [9.17, 15) is 14.4 Å². The summed E-state index contributed by atoms with van der Waals surface area (Å²) in [7, 11) is 0. The first kappa shape index (κ1) is 19.4. The van der Waals surface area contributed by atoms with Gasteiger partial charge in [-0.25, -0.2) is 0 Å². The smallest absolute Gasteiger partial charge is 0.253 e. The van der Waals surface area contributed by atoms with E-state index >= 15 is 0 Å². The first-order valence-corrected chi connectivity index (χ1v) is 11.3. The lowest BCUT2D eigenvalue weighted by atomic mass is 9.75. The fourth-order valence-corrected chi connectivity index (χ4v) is 6.63. The van der Waals surface area contributed by atoms with Crippen molar-refractivity contribution in [3.63, 3.8) is 0 Å². The molecule has 1 spiro atoms. The summed E-state index contributed by atoms with van der Waals surface area (Å²) in [6.45, 7) is 5.18. The number of fused-ring (bicyclic) bond motifs is 7. The van der Waals surface area contributed by atoms with Crippen molar-refractivity contribution in [3.05, 3.63) is 78.4 Å². The molecule has 0 radical (unpaired) electrons. The highest BCUT2D eigenvalue weighted by Crippen LogP contribution is 2.61. The average molecular weight is 428 g/mol. The quantitative estimate of drug-likeness (QED) is 0.556. The van der Waals surface area contributed by atoms with Crippen molar-refractivity contribution in [2.45, 2.75) is 31.0 Å². The molecule has 4 heterocycles. The first-order chi connectivity index (χ1) is 15.6. The largest absolute Gasteiger partial charge is 0.306 e. The maximum Gasteiger partial charge on any atom is 0.253 e. The van der Waals surface area contributed by atoms with Gasteiger partial charge in [0, 0.05) is 23.8 Å². The standard InChI is InChI=1S/C26H25N3O3/c1-2-14-27-19-12-7-6-11-18(19)26(25(27)32)22-21(20-13-8-15-29(20)26)23(30)28(24(22)31)16-17-9-4-3-5-10-17/h2-7,9-12,20-22H,1,8,13-16H2. The summed E-state index contributed by atoms with van der Waals surface area (Å²) >= 11 is 0. The van der Waals surface area contributed by atoms with Crippen molar-refractivity contribution in [1.29, 1.82) is 0 Å². The number of anilines is 1. The lowest BCUT2D eigenvalue weighted by Crippen LogP contribution is -2.55. The number of rotatable bonds is 4. The number of hydrogen-bond acceptors (Lipinski definition) is 4. The van der Waals surface area contributed by atoms with Gasteiger partial charge in [0.05, 0.1) is 18.4 Å². The third-order valence-electron chi connectivity index (χ3n) is 7.73. The maximum absolute atomic E-state index is 14.1. The summed E-state index contributed by atoms with van der Waals surface area (Å²) in [5.74, 6) is -1.62. The highest BCUT2D eigenvalue weighted by atomic mass is 16.2. The summed E-state index contributed by atoms with van der Waals surface area (Å²) < 4.78 is 0. The van der Waals surface area contributed by atoms with E-state index in [1.54, 1.807) is 11.0 Å². The minimum atomic E-state index is -1.11. The van der Waals surface area contributed by atoms with Crippen LogP contribution < -0.4 is 4.90 Å². The van der Waals surface area contributed by atoms with Crippen LogP contribution in [0.3, 0.4) is 0 Å². The number of benzene rings is 2. The predicted octanol–water partition coefficient (Wildman–Crippen LogP) is 2.69. The molecule has 4 aliphatic heterocycles. The molecule has 3 fully saturated rings. The molecule has 4 atom stereocenters. The van der Waals surface area contributed by atoms with Gasteiger partial charge in [-0.05, 0) is 31.0 Å². The second-order valence-electron chi connectivity index (χ2n) is 9.14. The minimum absolute atomic E-state index is 0.0853. The zero-order chi connectivity index (χ0) is 22.0. The molecule has 0 aliphatic carbocycles.